The van der Waals surface area contributed by atoms with Gasteiger partial charge in [0.2, 0.25) is 0 Å². The SMILES string of the molecule is CC/C=C\C/C=C\CC(O)/C=C/C=C\C/C=C\CCCC(=O)OC[C@H](COP(=O)([O-])OCC[N+](C)(C)C)OC(=O)CCCCCCCCCCCCCCCCCCCCCCC. The summed E-state index contributed by atoms with van der Waals surface area (Å²) in [5, 5.41) is 10.0. The van der Waals surface area contributed by atoms with Gasteiger partial charge in [0.15, 0.2) is 6.10 Å². The molecule has 1 N–H and O–H groups in total. The van der Waals surface area contributed by atoms with Crippen molar-refractivity contribution in [1.82, 2.24) is 0 Å². The third-order valence-electron chi connectivity index (χ3n) is 10.6. The second-order valence-electron chi connectivity index (χ2n) is 18.0. The van der Waals surface area contributed by atoms with E-state index in [1.54, 1.807) is 6.08 Å². The smallest absolute Gasteiger partial charge is 0.306 e. The number of quaternary nitrogens is 1. The Morgan fingerprint density at radius 2 is 1.11 bits per heavy atom. The Balaban J connectivity index is 4.37. The number of phosphoric ester groups is 1. The van der Waals surface area contributed by atoms with E-state index >= 15 is 0 Å². The van der Waals surface area contributed by atoms with Crippen LogP contribution in [0.4, 0.5) is 0 Å². The number of nitrogens with zero attached hydrogens (tertiary/aromatic N) is 1. The number of rotatable bonds is 45. The van der Waals surface area contributed by atoms with E-state index in [2.05, 4.69) is 32.1 Å². The average molecular weight is 908 g/mol. The maximum absolute atomic E-state index is 12.7. The van der Waals surface area contributed by atoms with Crippen LogP contribution in [0.1, 0.15) is 200 Å². The summed E-state index contributed by atoms with van der Waals surface area (Å²) in [6, 6.07) is 0. The molecular weight excluding hydrogens is 814 g/mol. The van der Waals surface area contributed by atoms with Crippen molar-refractivity contribution in [2.24, 2.45) is 0 Å². The molecule has 3 atom stereocenters. The zero-order chi connectivity index (χ0) is 46.5. The predicted octanol–water partition coefficient (Wildman–Crippen LogP) is 13.1. The van der Waals surface area contributed by atoms with E-state index in [0.29, 0.717) is 36.7 Å². The van der Waals surface area contributed by atoms with Gasteiger partial charge in [0.05, 0.1) is 33.9 Å². The lowest BCUT2D eigenvalue weighted by Gasteiger charge is -2.28. The summed E-state index contributed by atoms with van der Waals surface area (Å²) in [6.07, 6.45) is 50.1. The van der Waals surface area contributed by atoms with Crippen molar-refractivity contribution in [2.75, 3.05) is 47.5 Å². The molecule has 0 saturated carbocycles. The van der Waals surface area contributed by atoms with Gasteiger partial charge >= 0.3 is 11.9 Å². The van der Waals surface area contributed by atoms with Crippen molar-refractivity contribution in [1.29, 1.82) is 0 Å². The van der Waals surface area contributed by atoms with Gasteiger partial charge in [-0.3, -0.25) is 14.2 Å². The molecule has 0 saturated heterocycles. The van der Waals surface area contributed by atoms with Crippen LogP contribution in [0.5, 0.6) is 0 Å². The van der Waals surface area contributed by atoms with Crippen molar-refractivity contribution >= 4 is 19.8 Å². The zero-order valence-corrected chi connectivity index (χ0v) is 41.8. The van der Waals surface area contributed by atoms with E-state index in [0.717, 1.165) is 38.5 Å². The number of carbonyl (C=O) groups excluding carboxylic acids is 2. The largest absolute Gasteiger partial charge is 0.756 e. The molecule has 11 heteroatoms. The molecule has 0 aromatic heterocycles. The van der Waals surface area contributed by atoms with Gasteiger partial charge in [-0.15, -0.1) is 0 Å². The van der Waals surface area contributed by atoms with Crippen molar-refractivity contribution in [3.63, 3.8) is 0 Å². The molecular formula is C52H94NO9P. The van der Waals surface area contributed by atoms with Gasteiger partial charge in [-0.1, -0.05) is 203 Å². The number of hydrogen-bond acceptors (Lipinski definition) is 9. The topological polar surface area (TPSA) is 131 Å². The Hall–Kier alpha value is -2.33. The van der Waals surface area contributed by atoms with Gasteiger partial charge in [-0.05, 0) is 44.9 Å². The van der Waals surface area contributed by atoms with Crippen LogP contribution in [0.2, 0.25) is 0 Å². The maximum atomic E-state index is 12.7. The standard InChI is InChI=1S/C52H94NO9P/c1-6-8-10-12-14-15-16-17-18-19-20-21-22-23-24-25-26-27-32-36-40-44-52(56)62-50(48-61-63(57,58)60-46-45-53(3,4)5)47-59-51(55)43-39-35-31-29-28-30-34-38-42-49(54)41-37-33-13-11-9-7-2/h9,11,29-31,33-34,37-38,42,49-50,54H,6-8,10,12-28,32,35-36,39-41,43-48H2,1-5H3/b11-9-,31-29-,34-30-,37-33-,42-38+/t49?,50-/m1/s1. The fourth-order valence-electron chi connectivity index (χ4n) is 6.72. The quantitative estimate of drug-likeness (QED) is 0.0158. The minimum Gasteiger partial charge on any atom is -0.756 e. The van der Waals surface area contributed by atoms with E-state index < -0.39 is 38.6 Å². The highest BCUT2D eigenvalue weighted by Crippen LogP contribution is 2.38. The Morgan fingerprint density at radius 1 is 0.603 bits per heavy atom. The first-order valence-corrected chi connectivity index (χ1v) is 26.6. The Kier molecular flexibility index (Phi) is 41.9. The van der Waals surface area contributed by atoms with Gasteiger partial charge in [0, 0.05) is 12.8 Å². The predicted molar refractivity (Wildman–Crippen MR) is 260 cm³/mol. The molecule has 0 aliphatic rings. The first-order chi connectivity index (χ1) is 30.4. The van der Waals surface area contributed by atoms with Crippen LogP contribution in [-0.4, -0.2) is 81.2 Å². The maximum Gasteiger partial charge on any atom is 0.306 e. The number of aliphatic hydroxyl groups excluding tert-OH is 1. The number of ether oxygens (including phenoxy) is 2. The molecule has 0 aliphatic heterocycles. The molecule has 0 bridgehead atoms. The number of likely N-dealkylation sites (N-methyl/N-ethyl adjacent to an activating group) is 1. The van der Waals surface area contributed by atoms with Crippen molar-refractivity contribution < 1.29 is 47.2 Å². The van der Waals surface area contributed by atoms with Gasteiger partial charge in [0.1, 0.15) is 19.8 Å². The van der Waals surface area contributed by atoms with E-state index in [1.165, 1.54) is 109 Å². The van der Waals surface area contributed by atoms with Crippen molar-refractivity contribution in [3.05, 3.63) is 60.8 Å². The third kappa shape index (κ3) is 47.5. The summed E-state index contributed by atoms with van der Waals surface area (Å²) < 4.78 is 33.9. The van der Waals surface area contributed by atoms with Crippen molar-refractivity contribution in [3.8, 4) is 0 Å². The summed E-state index contributed by atoms with van der Waals surface area (Å²) in [5.74, 6) is -0.938. The minimum atomic E-state index is -4.66. The molecule has 0 aromatic carbocycles. The molecule has 0 spiro atoms. The Labute approximate surface area is 386 Å². The molecule has 0 radical (unpaired) electrons. The molecule has 0 fully saturated rings. The van der Waals surface area contributed by atoms with Crippen LogP contribution in [0.3, 0.4) is 0 Å². The number of carbonyl (C=O) groups is 2. The summed E-state index contributed by atoms with van der Waals surface area (Å²) in [6.45, 7) is 3.98. The first kappa shape index (κ1) is 60.7. The van der Waals surface area contributed by atoms with Gasteiger partial charge in [-0.25, -0.2) is 0 Å². The van der Waals surface area contributed by atoms with Crippen LogP contribution in [0.25, 0.3) is 0 Å². The van der Waals surface area contributed by atoms with E-state index in [1.807, 2.05) is 57.6 Å². The molecule has 63 heavy (non-hydrogen) atoms. The highest BCUT2D eigenvalue weighted by Gasteiger charge is 2.21. The highest BCUT2D eigenvalue weighted by molar-refractivity contribution is 7.45. The molecule has 2 unspecified atom stereocenters. The fraction of sp³-hybridized carbons (Fsp3) is 0.769. The third-order valence-corrected chi connectivity index (χ3v) is 11.6. The van der Waals surface area contributed by atoms with Crippen LogP contribution in [-0.2, 0) is 32.7 Å². The van der Waals surface area contributed by atoms with Gasteiger partial charge < -0.3 is 33.0 Å². The number of esters is 2. The van der Waals surface area contributed by atoms with Crippen LogP contribution in [0.15, 0.2) is 60.8 Å². The number of hydrogen-bond donors (Lipinski definition) is 1. The Bertz CT molecular complexity index is 1270. The minimum absolute atomic E-state index is 0.0507. The van der Waals surface area contributed by atoms with E-state index in [4.69, 9.17) is 18.5 Å². The lowest BCUT2D eigenvalue weighted by Crippen LogP contribution is -2.37. The summed E-state index contributed by atoms with van der Waals surface area (Å²) in [5.41, 5.74) is 0. The second kappa shape index (κ2) is 43.6. The zero-order valence-electron chi connectivity index (χ0n) is 40.9. The first-order valence-electron chi connectivity index (χ1n) is 25.1. The highest BCUT2D eigenvalue weighted by atomic mass is 31.2. The molecule has 0 aliphatic carbocycles. The fourth-order valence-corrected chi connectivity index (χ4v) is 7.45. The molecule has 10 nitrogen and oxygen atoms in total. The molecule has 0 rings (SSSR count). The number of phosphoric acid groups is 1. The summed E-state index contributed by atoms with van der Waals surface area (Å²) >= 11 is 0. The monoisotopic (exact) mass is 908 g/mol. The summed E-state index contributed by atoms with van der Waals surface area (Å²) in [4.78, 5) is 37.7. The van der Waals surface area contributed by atoms with E-state index in [9.17, 15) is 24.2 Å². The lowest BCUT2D eigenvalue weighted by atomic mass is 10.0. The van der Waals surface area contributed by atoms with Crippen LogP contribution < -0.4 is 4.89 Å². The molecule has 0 aromatic rings. The number of unbranched alkanes of at least 4 members (excludes halogenated alkanes) is 21. The normalized spacial score (nSPS) is 14.5. The van der Waals surface area contributed by atoms with E-state index in [-0.39, 0.29) is 26.1 Å². The molecule has 0 heterocycles. The summed E-state index contributed by atoms with van der Waals surface area (Å²) in [7, 11) is 1.10. The second-order valence-corrected chi connectivity index (χ2v) is 19.4. The number of allylic oxidation sites excluding steroid dienone is 8. The van der Waals surface area contributed by atoms with Crippen LogP contribution >= 0.6 is 7.82 Å². The molecule has 366 valence electrons. The van der Waals surface area contributed by atoms with Gasteiger partial charge in [0.25, 0.3) is 7.82 Å². The van der Waals surface area contributed by atoms with Gasteiger partial charge in [-0.2, -0.15) is 0 Å². The Morgan fingerprint density at radius 3 is 1.67 bits per heavy atom. The lowest BCUT2D eigenvalue weighted by molar-refractivity contribution is -0.870. The number of aliphatic hydroxyl groups is 1. The molecule has 0 amide bonds. The van der Waals surface area contributed by atoms with Crippen LogP contribution in [0, 0.1) is 0 Å². The average Bonchev–Trinajstić information content (AvgIpc) is 3.23. The van der Waals surface area contributed by atoms with Crippen molar-refractivity contribution in [2.45, 2.75) is 212 Å².